The second kappa shape index (κ2) is 8.77. The van der Waals surface area contributed by atoms with Crippen LogP contribution in [0, 0.1) is 11.3 Å². The van der Waals surface area contributed by atoms with Gasteiger partial charge >= 0.3 is 0 Å². The highest BCUT2D eigenvalue weighted by atomic mass is 16.5. The molecule has 1 aromatic heterocycles. The van der Waals surface area contributed by atoms with E-state index >= 15 is 0 Å². The number of anilines is 1. The van der Waals surface area contributed by atoms with Crippen molar-refractivity contribution in [3.8, 4) is 28.8 Å². The number of pyridine rings is 1. The molecule has 140 valence electrons. The van der Waals surface area contributed by atoms with Gasteiger partial charge in [-0.15, -0.1) is 0 Å². The number of nitriles is 1. The van der Waals surface area contributed by atoms with E-state index in [1.165, 1.54) is 0 Å². The summed E-state index contributed by atoms with van der Waals surface area (Å²) in [6.07, 6.45) is -1.50. The van der Waals surface area contributed by atoms with Crippen molar-refractivity contribution >= 4 is 11.7 Å². The van der Waals surface area contributed by atoms with Crippen LogP contribution in [0.2, 0.25) is 0 Å². The summed E-state index contributed by atoms with van der Waals surface area (Å²) in [5.74, 6) is 0.798. The molecule has 1 unspecified atom stereocenters. The van der Waals surface area contributed by atoms with E-state index in [-0.39, 0.29) is 5.82 Å². The lowest BCUT2D eigenvalue weighted by Crippen LogP contribution is -2.30. The standard InChI is InChI=1S/C21H17N3O4/c22-12-14-4-8-16(9-5-14)28-17-10-6-15(7-11-17)18-2-1-3-20(23-18)24-21(27)19(26)13-25/h1-11,19,25-26H,13H2,(H,23,24,27). The minimum atomic E-state index is -1.50. The molecule has 28 heavy (non-hydrogen) atoms. The second-order valence-corrected chi connectivity index (χ2v) is 5.86. The van der Waals surface area contributed by atoms with Gasteiger partial charge in [-0.3, -0.25) is 4.79 Å². The molecule has 0 saturated carbocycles. The summed E-state index contributed by atoms with van der Waals surface area (Å²) in [6, 6.07) is 21.2. The Hall–Kier alpha value is -3.73. The third-order valence-electron chi connectivity index (χ3n) is 3.85. The smallest absolute Gasteiger partial charge is 0.256 e. The highest BCUT2D eigenvalue weighted by Gasteiger charge is 2.14. The van der Waals surface area contributed by atoms with E-state index in [0.717, 1.165) is 5.56 Å². The molecule has 0 spiro atoms. The Morgan fingerprint density at radius 1 is 1.07 bits per heavy atom. The van der Waals surface area contributed by atoms with E-state index in [4.69, 9.17) is 15.1 Å². The molecule has 3 aromatic rings. The Morgan fingerprint density at radius 2 is 1.71 bits per heavy atom. The molecule has 3 rings (SSSR count). The predicted molar refractivity (Wildman–Crippen MR) is 103 cm³/mol. The maximum absolute atomic E-state index is 11.7. The van der Waals surface area contributed by atoms with Crippen molar-refractivity contribution in [3.63, 3.8) is 0 Å². The molecule has 0 aliphatic carbocycles. The molecule has 0 fully saturated rings. The first-order chi connectivity index (χ1) is 13.6. The van der Waals surface area contributed by atoms with E-state index < -0.39 is 18.6 Å². The van der Waals surface area contributed by atoms with E-state index in [2.05, 4.69) is 16.4 Å². The van der Waals surface area contributed by atoms with Gasteiger partial charge in [0.05, 0.1) is 23.9 Å². The molecule has 3 N–H and O–H groups in total. The number of benzene rings is 2. The van der Waals surface area contributed by atoms with Crippen LogP contribution < -0.4 is 10.1 Å². The highest BCUT2D eigenvalue weighted by Crippen LogP contribution is 2.25. The molecule has 0 bridgehead atoms. The molecule has 0 saturated heterocycles. The predicted octanol–water partition coefficient (Wildman–Crippen LogP) is 2.70. The van der Waals surface area contributed by atoms with Crippen molar-refractivity contribution in [1.29, 1.82) is 5.26 Å². The van der Waals surface area contributed by atoms with E-state index in [9.17, 15) is 9.90 Å². The molecule has 7 nitrogen and oxygen atoms in total. The van der Waals surface area contributed by atoms with Crippen LogP contribution >= 0.6 is 0 Å². The third kappa shape index (κ3) is 4.71. The molecule has 7 heteroatoms. The maximum atomic E-state index is 11.7. The minimum absolute atomic E-state index is 0.271. The zero-order chi connectivity index (χ0) is 19.9. The van der Waals surface area contributed by atoms with Crippen LogP contribution in [0.15, 0.2) is 66.7 Å². The van der Waals surface area contributed by atoms with Gasteiger partial charge in [0, 0.05) is 5.56 Å². The summed E-state index contributed by atoms with van der Waals surface area (Å²) < 4.78 is 5.75. The maximum Gasteiger partial charge on any atom is 0.256 e. The quantitative estimate of drug-likeness (QED) is 0.610. The molecule has 1 amide bonds. The first-order valence-electron chi connectivity index (χ1n) is 8.44. The molecule has 0 aliphatic heterocycles. The fourth-order valence-electron chi connectivity index (χ4n) is 2.38. The normalized spacial score (nSPS) is 11.3. The molecule has 2 aromatic carbocycles. The largest absolute Gasteiger partial charge is 0.457 e. The summed E-state index contributed by atoms with van der Waals surface area (Å²) in [5, 5.41) is 29.4. The Bertz CT molecular complexity index is 995. The van der Waals surface area contributed by atoms with Crippen LogP contribution in [-0.2, 0) is 4.79 Å². The van der Waals surface area contributed by atoms with Gasteiger partial charge in [-0.2, -0.15) is 5.26 Å². The van der Waals surface area contributed by atoms with Gasteiger partial charge < -0.3 is 20.3 Å². The Balaban J connectivity index is 1.71. The number of hydrogen-bond donors (Lipinski definition) is 3. The number of hydrogen-bond acceptors (Lipinski definition) is 6. The molecular formula is C21H17N3O4. The number of aliphatic hydroxyl groups is 2. The number of carbonyl (C=O) groups excluding carboxylic acids is 1. The molecule has 1 atom stereocenters. The van der Waals surface area contributed by atoms with E-state index in [1.54, 1.807) is 54.6 Å². The Morgan fingerprint density at radius 3 is 2.32 bits per heavy atom. The molecule has 0 aliphatic rings. The Kier molecular flexibility index (Phi) is 5.97. The van der Waals surface area contributed by atoms with Crippen molar-refractivity contribution in [1.82, 2.24) is 4.98 Å². The fraction of sp³-hybridized carbons (Fsp3) is 0.0952. The lowest BCUT2D eigenvalue weighted by molar-refractivity contribution is -0.125. The first kappa shape index (κ1) is 19.0. The molecule has 1 heterocycles. The number of carbonyl (C=O) groups is 1. The van der Waals surface area contributed by atoms with Crippen LogP contribution in [-0.4, -0.2) is 33.8 Å². The summed E-state index contributed by atoms with van der Waals surface area (Å²) >= 11 is 0. The first-order valence-corrected chi connectivity index (χ1v) is 8.44. The van der Waals surface area contributed by atoms with Gasteiger partial charge in [0.1, 0.15) is 17.3 Å². The van der Waals surface area contributed by atoms with Crippen LogP contribution in [0.5, 0.6) is 11.5 Å². The Labute approximate surface area is 161 Å². The van der Waals surface area contributed by atoms with E-state index in [1.807, 2.05) is 12.1 Å². The van der Waals surface area contributed by atoms with Gasteiger partial charge in [-0.05, 0) is 60.7 Å². The van der Waals surface area contributed by atoms with Crippen molar-refractivity contribution < 1.29 is 19.7 Å². The van der Waals surface area contributed by atoms with Gasteiger partial charge in [-0.1, -0.05) is 6.07 Å². The monoisotopic (exact) mass is 375 g/mol. The number of nitrogens with zero attached hydrogens (tertiary/aromatic N) is 2. The zero-order valence-corrected chi connectivity index (χ0v) is 14.7. The number of aliphatic hydroxyl groups excluding tert-OH is 2. The van der Waals surface area contributed by atoms with Crippen molar-refractivity contribution in [3.05, 3.63) is 72.3 Å². The zero-order valence-electron chi connectivity index (χ0n) is 14.7. The number of aromatic nitrogens is 1. The lowest BCUT2D eigenvalue weighted by atomic mass is 10.1. The highest BCUT2D eigenvalue weighted by molar-refractivity contribution is 5.93. The minimum Gasteiger partial charge on any atom is -0.457 e. The topological polar surface area (TPSA) is 115 Å². The van der Waals surface area contributed by atoms with Crippen molar-refractivity contribution in [2.75, 3.05) is 11.9 Å². The van der Waals surface area contributed by atoms with Gasteiger partial charge in [0.2, 0.25) is 0 Å². The van der Waals surface area contributed by atoms with Gasteiger partial charge in [-0.25, -0.2) is 4.98 Å². The molecule has 0 radical (unpaired) electrons. The van der Waals surface area contributed by atoms with Crippen LogP contribution in [0.4, 0.5) is 5.82 Å². The van der Waals surface area contributed by atoms with Gasteiger partial charge in [0.15, 0.2) is 6.10 Å². The lowest BCUT2D eigenvalue weighted by Gasteiger charge is -2.10. The molecular weight excluding hydrogens is 358 g/mol. The van der Waals surface area contributed by atoms with Crippen LogP contribution in [0.25, 0.3) is 11.3 Å². The van der Waals surface area contributed by atoms with E-state index in [0.29, 0.717) is 22.8 Å². The second-order valence-electron chi connectivity index (χ2n) is 5.86. The number of ether oxygens (including phenoxy) is 1. The number of nitrogens with one attached hydrogen (secondary N) is 1. The summed E-state index contributed by atoms with van der Waals surface area (Å²) in [6.45, 7) is -0.660. The number of rotatable bonds is 6. The summed E-state index contributed by atoms with van der Waals surface area (Å²) in [4.78, 5) is 16.0. The average Bonchev–Trinajstić information content (AvgIpc) is 2.74. The van der Waals surface area contributed by atoms with Crippen LogP contribution in [0.1, 0.15) is 5.56 Å². The summed E-state index contributed by atoms with van der Waals surface area (Å²) in [5.41, 5.74) is 2.00. The third-order valence-corrected chi connectivity index (χ3v) is 3.85. The van der Waals surface area contributed by atoms with Crippen molar-refractivity contribution in [2.24, 2.45) is 0 Å². The SMILES string of the molecule is N#Cc1ccc(Oc2ccc(-c3cccc(NC(=O)C(O)CO)n3)cc2)cc1. The van der Waals surface area contributed by atoms with Crippen LogP contribution in [0.3, 0.4) is 0 Å². The number of amides is 1. The summed E-state index contributed by atoms with van der Waals surface area (Å²) in [7, 11) is 0. The fourth-order valence-corrected chi connectivity index (χ4v) is 2.38. The van der Waals surface area contributed by atoms with Gasteiger partial charge in [0.25, 0.3) is 5.91 Å². The average molecular weight is 375 g/mol. The van der Waals surface area contributed by atoms with Crippen molar-refractivity contribution in [2.45, 2.75) is 6.10 Å².